The van der Waals surface area contributed by atoms with Gasteiger partial charge in [-0.2, -0.15) is 0 Å². The summed E-state index contributed by atoms with van der Waals surface area (Å²) in [5.74, 6) is 1.67. The van der Waals surface area contributed by atoms with E-state index in [0.29, 0.717) is 6.04 Å². The van der Waals surface area contributed by atoms with Crippen LogP contribution in [0.15, 0.2) is 12.1 Å². The Bertz CT molecular complexity index is 376. The number of hydrogen-bond acceptors (Lipinski definition) is 3. The van der Waals surface area contributed by atoms with Crippen LogP contribution in [0.25, 0.3) is 0 Å². The predicted octanol–water partition coefficient (Wildman–Crippen LogP) is 1.78. The first-order valence-electron chi connectivity index (χ1n) is 5.69. The molecule has 3 heteroatoms. The molecule has 1 atom stereocenters. The maximum Gasteiger partial charge on any atom is 0.161 e. The topological polar surface area (TPSA) is 30.5 Å². The summed E-state index contributed by atoms with van der Waals surface area (Å²) in [6.07, 6.45) is 3.38. The third-order valence-corrected chi connectivity index (χ3v) is 3.34. The second-order valence-corrected chi connectivity index (χ2v) is 4.20. The van der Waals surface area contributed by atoms with Gasteiger partial charge in [-0.05, 0) is 49.6 Å². The first-order valence-corrected chi connectivity index (χ1v) is 5.69. The Hall–Kier alpha value is -1.22. The molecule has 1 aliphatic carbocycles. The smallest absolute Gasteiger partial charge is 0.161 e. The van der Waals surface area contributed by atoms with Gasteiger partial charge in [-0.1, -0.05) is 0 Å². The summed E-state index contributed by atoms with van der Waals surface area (Å²) in [6, 6.07) is 4.81. The van der Waals surface area contributed by atoms with E-state index in [2.05, 4.69) is 17.4 Å². The fourth-order valence-electron chi connectivity index (χ4n) is 2.33. The Kier molecular flexibility index (Phi) is 3.34. The zero-order valence-corrected chi connectivity index (χ0v) is 10.2. The SMILES string of the molecule is CNC1CCc2cc(OC)c(OC)cc2C1. The average Bonchev–Trinajstić information content (AvgIpc) is 2.36. The van der Waals surface area contributed by atoms with E-state index in [1.54, 1.807) is 14.2 Å². The molecule has 0 amide bonds. The third-order valence-electron chi connectivity index (χ3n) is 3.34. The molecule has 0 radical (unpaired) electrons. The number of methoxy groups -OCH3 is 2. The van der Waals surface area contributed by atoms with E-state index in [-0.39, 0.29) is 0 Å². The number of ether oxygens (including phenoxy) is 2. The molecular formula is C13H19NO2. The molecule has 0 spiro atoms. The molecule has 0 aromatic heterocycles. The molecule has 0 aliphatic heterocycles. The van der Waals surface area contributed by atoms with Gasteiger partial charge in [-0.15, -0.1) is 0 Å². The molecule has 1 aromatic carbocycles. The van der Waals surface area contributed by atoms with E-state index in [0.717, 1.165) is 24.3 Å². The number of likely N-dealkylation sites (N-methyl/N-ethyl adjacent to an activating group) is 1. The van der Waals surface area contributed by atoms with E-state index in [9.17, 15) is 0 Å². The molecule has 1 unspecified atom stereocenters. The van der Waals surface area contributed by atoms with Gasteiger partial charge in [0.1, 0.15) is 0 Å². The normalized spacial score (nSPS) is 19.1. The van der Waals surface area contributed by atoms with Gasteiger partial charge in [0.2, 0.25) is 0 Å². The van der Waals surface area contributed by atoms with Crippen molar-refractivity contribution in [3.63, 3.8) is 0 Å². The van der Waals surface area contributed by atoms with Crippen LogP contribution in [-0.4, -0.2) is 27.3 Å². The molecule has 1 aromatic rings. The number of benzene rings is 1. The molecule has 0 bridgehead atoms. The summed E-state index contributed by atoms with van der Waals surface area (Å²) in [7, 11) is 5.39. The minimum atomic E-state index is 0.589. The Morgan fingerprint density at radius 1 is 1.12 bits per heavy atom. The van der Waals surface area contributed by atoms with Gasteiger partial charge < -0.3 is 14.8 Å². The molecular weight excluding hydrogens is 202 g/mol. The minimum absolute atomic E-state index is 0.589. The van der Waals surface area contributed by atoms with Crippen LogP contribution in [-0.2, 0) is 12.8 Å². The largest absolute Gasteiger partial charge is 0.493 e. The minimum Gasteiger partial charge on any atom is -0.493 e. The fraction of sp³-hybridized carbons (Fsp3) is 0.538. The highest BCUT2D eigenvalue weighted by Crippen LogP contribution is 2.33. The van der Waals surface area contributed by atoms with Crippen molar-refractivity contribution in [3.05, 3.63) is 23.3 Å². The van der Waals surface area contributed by atoms with Crippen molar-refractivity contribution in [2.75, 3.05) is 21.3 Å². The van der Waals surface area contributed by atoms with Crippen LogP contribution in [0, 0.1) is 0 Å². The van der Waals surface area contributed by atoms with E-state index in [1.807, 2.05) is 7.05 Å². The van der Waals surface area contributed by atoms with Crippen LogP contribution in [0.4, 0.5) is 0 Å². The van der Waals surface area contributed by atoms with Crippen LogP contribution in [0.2, 0.25) is 0 Å². The van der Waals surface area contributed by atoms with Crippen molar-refractivity contribution >= 4 is 0 Å². The Morgan fingerprint density at radius 3 is 2.31 bits per heavy atom. The zero-order chi connectivity index (χ0) is 11.5. The highest BCUT2D eigenvalue weighted by atomic mass is 16.5. The summed E-state index contributed by atoms with van der Waals surface area (Å²) >= 11 is 0. The molecule has 2 rings (SSSR count). The van der Waals surface area contributed by atoms with Crippen LogP contribution >= 0.6 is 0 Å². The highest BCUT2D eigenvalue weighted by Gasteiger charge is 2.19. The van der Waals surface area contributed by atoms with Crippen molar-refractivity contribution in [2.24, 2.45) is 0 Å². The summed E-state index contributed by atoms with van der Waals surface area (Å²) in [5, 5.41) is 3.34. The van der Waals surface area contributed by atoms with Gasteiger partial charge in [-0.3, -0.25) is 0 Å². The van der Waals surface area contributed by atoms with Gasteiger partial charge in [0.15, 0.2) is 11.5 Å². The van der Waals surface area contributed by atoms with Crippen molar-refractivity contribution in [3.8, 4) is 11.5 Å². The zero-order valence-electron chi connectivity index (χ0n) is 10.2. The molecule has 0 saturated carbocycles. The molecule has 0 fully saturated rings. The van der Waals surface area contributed by atoms with Crippen LogP contribution in [0.5, 0.6) is 11.5 Å². The summed E-state index contributed by atoms with van der Waals surface area (Å²) < 4.78 is 10.6. The van der Waals surface area contributed by atoms with Crippen LogP contribution < -0.4 is 14.8 Å². The standard InChI is InChI=1S/C13H19NO2/c1-14-11-5-4-9-7-12(15-2)13(16-3)8-10(9)6-11/h7-8,11,14H,4-6H2,1-3H3. The molecule has 3 nitrogen and oxygen atoms in total. The monoisotopic (exact) mass is 221 g/mol. The maximum absolute atomic E-state index is 5.33. The lowest BCUT2D eigenvalue weighted by molar-refractivity contribution is 0.352. The lowest BCUT2D eigenvalue weighted by Gasteiger charge is -2.25. The lowest BCUT2D eigenvalue weighted by atomic mass is 9.88. The molecule has 88 valence electrons. The van der Waals surface area contributed by atoms with Crippen molar-refractivity contribution in [1.82, 2.24) is 5.32 Å². The molecule has 1 aliphatic rings. The van der Waals surface area contributed by atoms with Gasteiger partial charge in [0.25, 0.3) is 0 Å². The molecule has 1 N–H and O–H groups in total. The Morgan fingerprint density at radius 2 is 1.75 bits per heavy atom. The summed E-state index contributed by atoms with van der Waals surface area (Å²) in [6.45, 7) is 0. The van der Waals surface area contributed by atoms with Gasteiger partial charge >= 0.3 is 0 Å². The van der Waals surface area contributed by atoms with Crippen LogP contribution in [0.3, 0.4) is 0 Å². The molecule has 0 saturated heterocycles. The van der Waals surface area contributed by atoms with Crippen molar-refractivity contribution in [2.45, 2.75) is 25.3 Å². The number of hydrogen-bond donors (Lipinski definition) is 1. The molecule has 0 heterocycles. The third kappa shape index (κ3) is 2.00. The second kappa shape index (κ2) is 4.74. The van der Waals surface area contributed by atoms with Gasteiger partial charge in [0.05, 0.1) is 14.2 Å². The van der Waals surface area contributed by atoms with E-state index in [1.165, 1.54) is 17.5 Å². The number of aryl methyl sites for hydroxylation is 1. The van der Waals surface area contributed by atoms with Gasteiger partial charge in [-0.25, -0.2) is 0 Å². The lowest BCUT2D eigenvalue weighted by Crippen LogP contribution is -2.31. The van der Waals surface area contributed by atoms with E-state index >= 15 is 0 Å². The highest BCUT2D eigenvalue weighted by molar-refractivity contribution is 5.48. The van der Waals surface area contributed by atoms with Crippen LogP contribution in [0.1, 0.15) is 17.5 Å². The fourth-order valence-corrected chi connectivity index (χ4v) is 2.33. The summed E-state index contributed by atoms with van der Waals surface area (Å²) in [4.78, 5) is 0. The number of nitrogens with one attached hydrogen (secondary N) is 1. The van der Waals surface area contributed by atoms with Crippen molar-refractivity contribution in [1.29, 1.82) is 0 Å². The quantitative estimate of drug-likeness (QED) is 0.844. The predicted molar refractivity (Wildman–Crippen MR) is 64.4 cm³/mol. The number of fused-ring (bicyclic) bond motifs is 1. The first-order chi connectivity index (χ1) is 7.78. The van der Waals surface area contributed by atoms with Crippen molar-refractivity contribution < 1.29 is 9.47 Å². The molecule has 16 heavy (non-hydrogen) atoms. The second-order valence-electron chi connectivity index (χ2n) is 4.20. The van der Waals surface area contributed by atoms with E-state index < -0.39 is 0 Å². The number of rotatable bonds is 3. The van der Waals surface area contributed by atoms with Gasteiger partial charge in [0, 0.05) is 6.04 Å². The summed E-state index contributed by atoms with van der Waals surface area (Å²) in [5.41, 5.74) is 2.77. The first kappa shape index (κ1) is 11.3. The average molecular weight is 221 g/mol. The van der Waals surface area contributed by atoms with E-state index in [4.69, 9.17) is 9.47 Å². The Balaban J connectivity index is 2.34. The maximum atomic E-state index is 5.33. The Labute approximate surface area is 96.8 Å².